The Morgan fingerprint density at radius 1 is 1.25 bits per heavy atom. The summed E-state index contributed by atoms with van der Waals surface area (Å²) < 4.78 is 4.36. The minimum atomic E-state index is 0.696. The van der Waals surface area contributed by atoms with Gasteiger partial charge >= 0.3 is 0 Å². The summed E-state index contributed by atoms with van der Waals surface area (Å²) in [6, 6.07) is 4.29. The molecule has 1 aliphatic rings. The molecule has 1 fully saturated rings. The first-order chi connectivity index (χ1) is 11.7. The van der Waals surface area contributed by atoms with E-state index in [0.717, 1.165) is 25.2 Å². The molecule has 0 aromatic carbocycles. The summed E-state index contributed by atoms with van der Waals surface area (Å²) in [4.78, 5) is 11.6. The van der Waals surface area contributed by atoms with Crippen LogP contribution in [0.1, 0.15) is 29.9 Å². The molecule has 0 spiro atoms. The molecule has 4 rings (SSSR count). The Bertz CT molecular complexity index is 831. The van der Waals surface area contributed by atoms with E-state index in [1.165, 1.54) is 36.5 Å². The Kier molecular flexibility index (Phi) is 4.10. The molecule has 0 N–H and O–H groups in total. The van der Waals surface area contributed by atoms with Crippen molar-refractivity contribution in [3.8, 4) is 0 Å². The Morgan fingerprint density at radius 3 is 3.00 bits per heavy atom. The molecule has 4 heterocycles. The van der Waals surface area contributed by atoms with Gasteiger partial charge in [-0.2, -0.15) is 0 Å². The predicted octanol–water partition coefficient (Wildman–Crippen LogP) is 2.83. The summed E-state index contributed by atoms with van der Waals surface area (Å²) in [7, 11) is 2.09. The van der Waals surface area contributed by atoms with E-state index in [-0.39, 0.29) is 0 Å². The maximum Gasteiger partial charge on any atom is 0.137 e. The van der Waals surface area contributed by atoms with Crippen molar-refractivity contribution in [2.45, 2.75) is 32.7 Å². The number of hydrogen-bond acceptors (Lipinski definition) is 3. The van der Waals surface area contributed by atoms with E-state index in [9.17, 15) is 0 Å². The highest BCUT2D eigenvalue weighted by atomic mass is 15.2. The van der Waals surface area contributed by atoms with Gasteiger partial charge in [0.05, 0.1) is 11.9 Å². The molecule has 0 amide bonds. The molecule has 1 aliphatic heterocycles. The number of fused-ring (bicyclic) bond motifs is 1. The normalized spacial score (nSPS) is 19.2. The zero-order valence-electron chi connectivity index (χ0n) is 14.5. The Morgan fingerprint density at radius 2 is 2.17 bits per heavy atom. The van der Waals surface area contributed by atoms with Crippen LogP contribution in [0.15, 0.2) is 36.9 Å². The molecule has 0 radical (unpaired) electrons. The fourth-order valence-electron chi connectivity index (χ4n) is 3.79. The number of aryl methyl sites for hydroxylation is 2. The van der Waals surface area contributed by atoms with Gasteiger partial charge in [0.25, 0.3) is 0 Å². The van der Waals surface area contributed by atoms with Crippen molar-refractivity contribution >= 4 is 5.65 Å². The highest BCUT2D eigenvalue weighted by Crippen LogP contribution is 2.22. The first kappa shape index (κ1) is 15.4. The molecule has 0 unspecified atom stereocenters. The molecule has 5 nitrogen and oxygen atoms in total. The first-order valence-electron chi connectivity index (χ1n) is 8.80. The monoisotopic (exact) mass is 323 g/mol. The molecule has 5 heteroatoms. The summed E-state index contributed by atoms with van der Waals surface area (Å²) in [5.74, 6) is 1.90. The van der Waals surface area contributed by atoms with E-state index in [0.29, 0.717) is 5.92 Å². The van der Waals surface area contributed by atoms with E-state index >= 15 is 0 Å². The van der Waals surface area contributed by atoms with Gasteiger partial charge in [-0.3, -0.25) is 4.90 Å². The number of piperidine rings is 1. The third kappa shape index (κ3) is 3.08. The average Bonchev–Trinajstić information content (AvgIpc) is 3.14. The van der Waals surface area contributed by atoms with Crippen LogP contribution in [-0.4, -0.2) is 36.9 Å². The van der Waals surface area contributed by atoms with Crippen molar-refractivity contribution in [1.82, 2.24) is 23.8 Å². The minimum Gasteiger partial charge on any atom is -0.338 e. The highest BCUT2D eigenvalue weighted by molar-refractivity contribution is 5.42. The van der Waals surface area contributed by atoms with Crippen molar-refractivity contribution in [3.63, 3.8) is 0 Å². The largest absolute Gasteiger partial charge is 0.338 e. The second kappa shape index (κ2) is 6.40. The number of rotatable bonds is 4. The van der Waals surface area contributed by atoms with Crippen LogP contribution in [0.3, 0.4) is 0 Å². The molecule has 0 saturated carbocycles. The maximum absolute atomic E-state index is 4.56. The summed E-state index contributed by atoms with van der Waals surface area (Å²) >= 11 is 0. The molecular formula is C19H25N5. The molecule has 3 aromatic heterocycles. The van der Waals surface area contributed by atoms with Crippen LogP contribution < -0.4 is 0 Å². The number of pyridine rings is 1. The van der Waals surface area contributed by atoms with Crippen molar-refractivity contribution < 1.29 is 0 Å². The molecular weight excluding hydrogens is 298 g/mol. The smallest absolute Gasteiger partial charge is 0.137 e. The van der Waals surface area contributed by atoms with Crippen molar-refractivity contribution in [3.05, 3.63) is 54.0 Å². The van der Waals surface area contributed by atoms with Crippen molar-refractivity contribution in [2.75, 3.05) is 13.1 Å². The van der Waals surface area contributed by atoms with Gasteiger partial charge in [-0.05, 0) is 49.9 Å². The van der Waals surface area contributed by atoms with Crippen LogP contribution in [0.5, 0.6) is 0 Å². The van der Waals surface area contributed by atoms with Crippen molar-refractivity contribution in [2.24, 2.45) is 13.0 Å². The lowest BCUT2D eigenvalue weighted by atomic mass is 9.94. The van der Waals surface area contributed by atoms with Crippen LogP contribution in [-0.2, 0) is 20.0 Å². The summed E-state index contributed by atoms with van der Waals surface area (Å²) in [6.45, 7) is 5.41. The van der Waals surface area contributed by atoms with E-state index in [4.69, 9.17) is 0 Å². The van der Waals surface area contributed by atoms with Gasteiger partial charge in [-0.15, -0.1) is 0 Å². The zero-order valence-corrected chi connectivity index (χ0v) is 14.5. The van der Waals surface area contributed by atoms with E-state index < -0.39 is 0 Å². The quantitative estimate of drug-likeness (QED) is 0.741. The third-order valence-electron chi connectivity index (χ3n) is 5.13. The van der Waals surface area contributed by atoms with Gasteiger partial charge in [0.2, 0.25) is 0 Å². The number of imidazole rings is 2. The Labute approximate surface area is 143 Å². The van der Waals surface area contributed by atoms with E-state index in [1.807, 2.05) is 18.6 Å². The zero-order chi connectivity index (χ0) is 16.5. The number of hydrogen-bond donors (Lipinski definition) is 0. The van der Waals surface area contributed by atoms with Gasteiger partial charge in [-0.1, -0.05) is 0 Å². The number of nitrogens with zero attached hydrogens (tertiary/aromatic N) is 5. The van der Waals surface area contributed by atoms with Gasteiger partial charge in [-0.25, -0.2) is 9.97 Å². The summed E-state index contributed by atoms with van der Waals surface area (Å²) in [5, 5.41) is 0. The summed E-state index contributed by atoms with van der Waals surface area (Å²) in [6.07, 6.45) is 11.7. The molecule has 24 heavy (non-hydrogen) atoms. The fourth-order valence-corrected chi connectivity index (χ4v) is 3.79. The first-order valence-corrected chi connectivity index (χ1v) is 8.80. The fraction of sp³-hybridized carbons (Fsp3) is 0.474. The lowest BCUT2D eigenvalue weighted by Crippen LogP contribution is -2.36. The summed E-state index contributed by atoms with van der Waals surface area (Å²) in [5.41, 5.74) is 3.59. The SMILES string of the molecule is Cc1ccn2c(CN3CCC[C@@H](Cc4nccn4C)C3)cnc2c1. The standard InChI is InChI=1S/C19H25N5/c1-15-5-8-24-17(12-21-19(24)10-15)14-23-7-3-4-16(13-23)11-18-20-6-9-22(18)2/h5-6,8-10,12,16H,3-4,7,11,13-14H2,1-2H3/t16-/m0/s1. The topological polar surface area (TPSA) is 38.4 Å². The molecule has 126 valence electrons. The van der Waals surface area contributed by atoms with Gasteiger partial charge in [0.1, 0.15) is 11.5 Å². The Balaban J connectivity index is 1.45. The van der Waals surface area contributed by atoms with Crippen LogP contribution in [0.2, 0.25) is 0 Å². The Hall–Kier alpha value is -2.14. The van der Waals surface area contributed by atoms with Crippen molar-refractivity contribution in [1.29, 1.82) is 0 Å². The minimum absolute atomic E-state index is 0.696. The second-order valence-corrected chi connectivity index (χ2v) is 7.08. The third-order valence-corrected chi connectivity index (χ3v) is 5.13. The van der Waals surface area contributed by atoms with E-state index in [2.05, 4.69) is 56.1 Å². The van der Waals surface area contributed by atoms with Gasteiger partial charge in [0, 0.05) is 45.1 Å². The van der Waals surface area contributed by atoms with Gasteiger partial charge in [0.15, 0.2) is 0 Å². The molecule has 3 aromatic rings. The highest BCUT2D eigenvalue weighted by Gasteiger charge is 2.22. The van der Waals surface area contributed by atoms with Crippen LogP contribution in [0.25, 0.3) is 5.65 Å². The lowest BCUT2D eigenvalue weighted by Gasteiger charge is -2.32. The van der Waals surface area contributed by atoms with Crippen LogP contribution >= 0.6 is 0 Å². The van der Waals surface area contributed by atoms with Gasteiger partial charge < -0.3 is 8.97 Å². The molecule has 0 bridgehead atoms. The maximum atomic E-state index is 4.56. The second-order valence-electron chi connectivity index (χ2n) is 7.08. The van der Waals surface area contributed by atoms with E-state index in [1.54, 1.807) is 0 Å². The number of aromatic nitrogens is 4. The predicted molar refractivity (Wildman–Crippen MR) is 94.8 cm³/mol. The molecule has 0 aliphatic carbocycles. The lowest BCUT2D eigenvalue weighted by molar-refractivity contribution is 0.163. The van der Waals surface area contributed by atoms with Crippen LogP contribution in [0.4, 0.5) is 0 Å². The average molecular weight is 323 g/mol. The molecule has 1 saturated heterocycles. The number of likely N-dealkylation sites (tertiary alicyclic amines) is 1. The molecule has 1 atom stereocenters. The van der Waals surface area contributed by atoms with Crippen LogP contribution in [0, 0.1) is 12.8 Å².